The molecule has 0 unspecified atom stereocenters. The molecule has 0 radical (unpaired) electrons. The first kappa shape index (κ1) is 16.2. The molecule has 0 saturated carbocycles. The molecule has 0 spiro atoms. The van der Waals surface area contributed by atoms with Crippen LogP contribution in [-0.4, -0.2) is 21.0 Å². The maximum atomic E-state index is 9.11. The molecule has 1 aliphatic rings. The average Bonchev–Trinajstić information content (AvgIpc) is 3.22. The van der Waals surface area contributed by atoms with Gasteiger partial charge in [-0.15, -0.1) is 5.10 Å². The molecule has 3 aromatic rings. The third-order valence-electron chi connectivity index (χ3n) is 4.30. The van der Waals surface area contributed by atoms with E-state index in [1.54, 1.807) is 0 Å². The first-order valence-electron chi connectivity index (χ1n) is 8.40. The molecule has 6 heteroatoms. The largest absolute Gasteiger partial charge is 0.485 e. The topological polar surface area (TPSA) is 83.8 Å². The first-order chi connectivity index (χ1) is 12.6. The Morgan fingerprint density at radius 2 is 2.08 bits per heavy atom. The van der Waals surface area contributed by atoms with Crippen LogP contribution in [-0.2, 0) is 13.0 Å². The fourth-order valence-electron chi connectivity index (χ4n) is 3.18. The smallest absolute Gasteiger partial charge is 0.190 e. The Bertz CT molecular complexity index is 1000. The van der Waals surface area contributed by atoms with Gasteiger partial charge in [0.1, 0.15) is 24.0 Å². The van der Waals surface area contributed by atoms with Crippen molar-refractivity contribution in [2.24, 2.45) is 0 Å². The Morgan fingerprint density at radius 1 is 1.23 bits per heavy atom. The lowest BCUT2D eigenvalue weighted by Gasteiger charge is -2.18. The van der Waals surface area contributed by atoms with Crippen LogP contribution in [0.3, 0.4) is 0 Å². The van der Waals surface area contributed by atoms with Crippen LogP contribution in [0, 0.1) is 11.3 Å². The van der Waals surface area contributed by atoms with E-state index in [-0.39, 0.29) is 11.3 Å². The minimum atomic E-state index is -0.206. The lowest BCUT2D eigenvalue weighted by molar-refractivity contribution is 0.131. The number of aromatic nitrogens is 3. The Kier molecular flexibility index (Phi) is 3.85. The number of fused-ring (bicyclic) bond motifs is 1. The van der Waals surface area contributed by atoms with E-state index in [0.717, 1.165) is 29.0 Å². The van der Waals surface area contributed by atoms with Crippen molar-refractivity contribution >= 4 is 0 Å². The van der Waals surface area contributed by atoms with E-state index >= 15 is 0 Å². The van der Waals surface area contributed by atoms with Crippen LogP contribution in [0.5, 0.6) is 11.5 Å². The summed E-state index contributed by atoms with van der Waals surface area (Å²) in [6.07, 6.45) is 0.873. The van der Waals surface area contributed by atoms with Gasteiger partial charge in [0.05, 0.1) is 0 Å². The van der Waals surface area contributed by atoms with Gasteiger partial charge in [-0.25, -0.2) is 0 Å². The van der Waals surface area contributed by atoms with Crippen LogP contribution >= 0.6 is 0 Å². The van der Waals surface area contributed by atoms with Crippen LogP contribution in [0.1, 0.15) is 30.7 Å². The third-order valence-corrected chi connectivity index (χ3v) is 4.30. The van der Waals surface area contributed by atoms with Crippen molar-refractivity contribution in [3.63, 3.8) is 0 Å². The second kappa shape index (κ2) is 6.19. The molecule has 26 heavy (non-hydrogen) atoms. The van der Waals surface area contributed by atoms with E-state index in [1.165, 1.54) is 5.56 Å². The molecule has 1 aliphatic heterocycles. The molecule has 0 amide bonds. The Hall–Kier alpha value is -3.33. The second-order valence-corrected chi connectivity index (χ2v) is 6.90. The van der Waals surface area contributed by atoms with E-state index in [1.807, 2.05) is 42.5 Å². The van der Waals surface area contributed by atoms with Crippen LogP contribution in [0.15, 0.2) is 42.5 Å². The highest BCUT2D eigenvalue weighted by Crippen LogP contribution is 2.42. The zero-order valence-corrected chi connectivity index (χ0v) is 14.6. The van der Waals surface area contributed by atoms with E-state index in [2.05, 4.69) is 35.3 Å². The fourth-order valence-corrected chi connectivity index (χ4v) is 3.18. The van der Waals surface area contributed by atoms with Gasteiger partial charge in [0.2, 0.25) is 0 Å². The van der Waals surface area contributed by atoms with Gasteiger partial charge in [-0.3, -0.25) is 0 Å². The van der Waals surface area contributed by atoms with Crippen molar-refractivity contribution in [3.05, 3.63) is 59.3 Å². The molecule has 2 heterocycles. The summed E-state index contributed by atoms with van der Waals surface area (Å²) in [5.74, 6) is 1.58. The van der Waals surface area contributed by atoms with Gasteiger partial charge in [0.25, 0.3) is 0 Å². The Labute approximate surface area is 151 Å². The highest BCUT2D eigenvalue weighted by atomic mass is 16.5. The van der Waals surface area contributed by atoms with Gasteiger partial charge < -0.3 is 9.47 Å². The summed E-state index contributed by atoms with van der Waals surface area (Å²) in [5, 5.41) is 19.5. The number of H-pyrrole nitrogens is 1. The molecule has 0 atom stereocenters. The summed E-state index contributed by atoms with van der Waals surface area (Å²) < 4.78 is 12.1. The van der Waals surface area contributed by atoms with E-state index in [4.69, 9.17) is 14.7 Å². The zero-order chi connectivity index (χ0) is 18.1. The van der Waals surface area contributed by atoms with Gasteiger partial charge in [-0.05, 0) is 31.5 Å². The summed E-state index contributed by atoms with van der Waals surface area (Å²) in [7, 11) is 0. The van der Waals surface area contributed by atoms with Crippen molar-refractivity contribution in [1.82, 2.24) is 15.4 Å². The molecule has 4 rings (SSSR count). The number of nitrogens with one attached hydrogen (secondary N) is 1. The summed E-state index contributed by atoms with van der Waals surface area (Å²) in [6, 6.07) is 15.8. The lowest BCUT2D eigenvalue weighted by Crippen LogP contribution is -2.24. The Morgan fingerprint density at radius 3 is 2.92 bits per heavy atom. The van der Waals surface area contributed by atoms with E-state index < -0.39 is 0 Å². The number of hydrogen-bond donors (Lipinski definition) is 1. The minimum absolute atomic E-state index is 0.206. The van der Waals surface area contributed by atoms with Crippen LogP contribution in [0.25, 0.3) is 11.3 Å². The number of para-hydroxylation sites is 1. The molecular weight excluding hydrogens is 328 g/mol. The Balaban J connectivity index is 1.55. The number of rotatable bonds is 4. The van der Waals surface area contributed by atoms with Crippen molar-refractivity contribution in [2.45, 2.75) is 32.5 Å². The molecule has 0 fully saturated rings. The maximum Gasteiger partial charge on any atom is 0.190 e. The second-order valence-electron chi connectivity index (χ2n) is 6.90. The predicted molar refractivity (Wildman–Crippen MR) is 95.7 cm³/mol. The molecule has 1 N–H and O–H groups in total. The van der Waals surface area contributed by atoms with Gasteiger partial charge in [0.15, 0.2) is 17.2 Å². The maximum absolute atomic E-state index is 9.11. The number of benzene rings is 2. The summed E-state index contributed by atoms with van der Waals surface area (Å²) >= 11 is 0. The third kappa shape index (κ3) is 3.00. The van der Waals surface area contributed by atoms with Crippen molar-refractivity contribution < 1.29 is 9.47 Å². The highest BCUT2D eigenvalue weighted by Gasteiger charge is 2.32. The highest BCUT2D eigenvalue weighted by molar-refractivity contribution is 5.64. The summed E-state index contributed by atoms with van der Waals surface area (Å²) in [6.45, 7) is 4.55. The van der Waals surface area contributed by atoms with Gasteiger partial charge in [-0.2, -0.15) is 15.6 Å². The quantitative estimate of drug-likeness (QED) is 0.780. The molecule has 2 aromatic carbocycles. The SMILES string of the molecule is CC1(C)Cc2cccc(OCc3cccc(-c4n[nH]nc4C#N)c3)c2O1. The molecular formula is C20H18N4O2. The van der Waals surface area contributed by atoms with Crippen LogP contribution < -0.4 is 9.47 Å². The van der Waals surface area contributed by atoms with E-state index in [9.17, 15) is 0 Å². The van der Waals surface area contributed by atoms with E-state index in [0.29, 0.717) is 12.3 Å². The molecule has 130 valence electrons. The van der Waals surface area contributed by atoms with Gasteiger partial charge in [0, 0.05) is 17.5 Å². The van der Waals surface area contributed by atoms with Crippen molar-refractivity contribution in [3.8, 4) is 28.8 Å². The molecule has 0 bridgehead atoms. The van der Waals surface area contributed by atoms with Crippen LogP contribution in [0.2, 0.25) is 0 Å². The van der Waals surface area contributed by atoms with Crippen LogP contribution in [0.4, 0.5) is 0 Å². The predicted octanol–water partition coefficient (Wildman–Crippen LogP) is 3.64. The van der Waals surface area contributed by atoms with Gasteiger partial charge in [-0.1, -0.05) is 30.3 Å². The van der Waals surface area contributed by atoms with Crippen molar-refractivity contribution in [1.29, 1.82) is 5.26 Å². The fraction of sp³-hybridized carbons (Fsp3) is 0.250. The number of nitrogens with zero attached hydrogens (tertiary/aromatic N) is 3. The monoisotopic (exact) mass is 346 g/mol. The molecule has 0 saturated heterocycles. The number of aromatic amines is 1. The lowest BCUT2D eigenvalue weighted by atomic mass is 10.0. The number of ether oxygens (including phenoxy) is 2. The number of nitriles is 1. The average molecular weight is 346 g/mol. The first-order valence-corrected chi connectivity index (χ1v) is 8.40. The zero-order valence-electron chi connectivity index (χ0n) is 14.6. The van der Waals surface area contributed by atoms with Gasteiger partial charge >= 0.3 is 0 Å². The standard InChI is InChI=1S/C20H18N4O2/c1-20(2)10-15-7-4-8-17(19(15)26-20)25-12-13-5-3-6-14(9-13)18-16(11-21)22-24-23-18/h3-9H,10,12H2,1-2H3,(H,22,23,24). The molecule has 1 aromatic heterocycles. The molecule has 0 aliphatic carbocycles. The summed E-state index contributed by atoms with van der Waals surface area (Å²) in [5.41, 5.74) is 3.58. The minimum Gasteiger partial charge on any atom is -0.485 e. The van der Waals surface area contributed by atoms with Crippen molar-refractivity contribution in [2.75, 3.05) is 0 Å². The number of hydrogen-bond acceptors (Lipinski definition) is 5. The summed E-state index contributed by atoms with van der Waals surface area (Å²) in [4.78, 5) is 0. The normalized spacial score (nSPS) is 14.3. The molecule has 6 nitrogen and oxygen atoms in total.